The molecule has 0 amide bonds. The van der Waals surface area contributed by atoms with E-state index in [1.165, 1.54) is 5.92 Å². The minimum atomic E-state index is -3.40. The number of hydrogen-bond donors (Lipinski definition) is 0. The van der Waals surface area contributed by atoms with Crippen molar-refractivity contribution in [2.75, 3.05) is 39.1 Å². The van der Waals surface area contributed by atoms with Crippen molar-refractivity contribution in [2.45, 2.75) is 39.0 Å². The maximum absolute atomic E-state index is 11.0. The molecular formula is C21H30N3O4S. The summed E-state index contributed by atoms with van der Waals surface area (Å²) in [6, 6.07) is 5.88. The maximum Gasteiger partial charge on any atom is 0.264 e. The molecule has 0 unspecified atom stereocenters. The van der Waals surface area contributed by atoms with Crippen LogP contribution in [0.4, 0.5) is 0 Å². The van der Waals surface area contributed by atoms with Crippen LogP contribution in [0.5, 0.6) is 5.75 Å². The first-order valence-corrected chi connectivity index (χ1v) is 11.9. The lowest BCUT2D eigenvalue weighted by Crippen LogP contribution is -2.35. The maximum atomic E-state index is 11.0. The van der Waals surface area contributed by atoms with E-state index in [1.54, 1.807) is 6.33 Å². The van der Waals surface area contributed by atoms with Crippen molar-refractivity contribution in [2.24, 2.45) is 0 Å². The molecule has 1 aromatic heterocycles. The first-order valence-electron chi connectivity index (χ1n) is 10.0. The molecule has 1 aliphatic rings. The second-order valence-corrected chi connectivity index (χ2v) is 9.57. The van der Waals surface area contributed by atoms with Gasteiger partial charge in [0.25, 0.3) is 10.1 Å². The van der Waals surface area contributed by atoms with Crippen molar-refractivity contribution in [3.63, 3.8) is 0 Å². The summed E-state index contributed by atoms with van der Waals surface area (Å²) in [5.74, 6) is 2.62. The highest BCUT2D eigenvalue weighted by Crippen LogP contribution is 2.32. The van der Waals surface area contributed by atoms with E-state index in [-0.39, 0.29) is 6.61 Å². The van der Waals surface area contributed by atoms with Gasteiger partial charge in [0, 0.05) is 30.3 Å². The van der Waals surface area contributed by atoms with Crippen LogP contribution < -0.4 is 4.74 Å². The molecule has 0 aliphatic carbocycles. The van der Waals surface area contributed by atoms with Crippen LogP contribution >= 0.6 is 0 Å². The SMILES string of the molecule is C[C](C)CN1CCC(c2ncnc3cc(OCCCOS(C)(=O)=O)ccc23)CC1. The van der Waals surface area contributed by atoms with E-state index >= 15 is 0 Å². The topological polar surface area (TPSA) is 81.6 Å². The minimum Gasteiger partial charge on any atom is -0.493 e. The molecule has 29 heavy (non-hydrogen) atoms. The number of aromatic nitrogens is 2. The van der Waals surface area contributed by atoms with Crippen LogP contribution in [-0.2, 0) is 14.3 Å². The molecule has 1 aromatic carbocycles. The van der Waals surface area contributed by atoms with E-state index in [9.17, 15) is 8.42 Å². The van der Waals surface area contributed by atoms with Crippen LogP contribution in [0.1, 0.15) is 44.7 Å². The monoisotopic (exact) mass is 420 g/mol. The number of fused-ring (bicyclic) bond motifs is 1. The van der Waals surface area contributed by atoms with Crippen molar-refractivity contribution in [1.82, 2.24) is 14.9 Å². The third kappa shape index (κ3) is 6.62. The van der Waals surface area contributed by atoms with Crippen LogP contribution in [0, 0.1) is 5.92 Å². The zero-order valence-corrected chi connectivity index (χ0v) is 18.2. The number of rotatable bonds is 9. The van der Waals surface area contributed by atoms with Gasteiger partial charge in [-0.1, -0.05) is 13.8 Å². The summed E-state index contributed by atoms with van der Waals surface area (Å²) in [7, 11) is -3.40. The van der Waals surface area contributed by atoms with Gasteiger partial charge in [-0.15, -0.1) is 0 Å². The summed E-state index contributed by atoms with van der Waals surface area (Å²) < 4.78 is 32.4. The molecule has 0 bridgehead atoms. The van der Waals surface area contributed by atoms with Crippen LogP contribution in [0.3, 0.4) is 0 Å². The summed E-state index contributed by atoms with van der Waals surface area (Å²) >= 11 is 0. The quantitative estimate of drug-likeness (QED) is 0.455. The van der Waals surface area contributed by atoms with Crippen molar-refractivity contribution in [3.8, 4) is 5.75 Å². The Morgan fingerprint density at radius 2 is 1.93 bits per heavy atom. The summed E-state index contributed by atoms with van der Waals surface area (Å²) in [6.45, 7) is 8.13. The third-order valence-corrected chi connectivity index (χ3v) is 5.60. The number of nitrogens with zero attached hydrogens (tertiary/aromatic N) is 3. The highest BCUT2D eigenvalue weighted by molar-refractivity contribution is 7.85. The molecular weight excluding hydrogens is 390 g/mol. The zero-order valence-electron chi connectivity index (χ0n) is 17.4. The molecule has 8 heteroatoms. The normalized spacial score (nSPS) is 16.6. The van der Waals surface area contributed by atoms with Crippen LogP contribution in [0.2, 0.25) is 0 Å². The summed E-state index contributed by atoms with van der Waals surface area (Å²) in [5, 5.41) is 1.08. The lowest BCUT2D eigenvalue weighted by molar-refractivity contribution is 0.219. The van der Waals surface area contributed by atoms with Gasteiger partial charge in [0.15, 0.2) is 0 Å². The number of hydrogen-bond acceptors (Lipinski definition) is 7. The molecule has 3 rings (SSSR count). The Labute approximate surface area is 173 Å². The molecule has 0 N–H and O–H groups in total. The fraction of sp³-hybridized carbons (Fsp3) is 0.571. The van der Waals surface area contributed by atoms with E-state index in [0.29, 0.717) is 24.7 Å². The molecule has 159 valence electrons. The first-order chi connectivity index (χ1) is 13.8. The zero-order chi connectivity index (χ0) is 20.9. The average molecular weight is 421 g/mol. The Morgan fingerprint density at radius 1 is 1.17 bits per heavy atom. The molecule has 1 radical (unpaired) electrons. The fourth-order valence-corrected chi connectivity index (χ4v) is 4.16. The van der Waals surface area contributed by atoms with Crippen LogP contribution in [0.25, 0.3) is 10.9 Å². The molecule has 7 nitrogen and oxygen atoms in total. The summed E-state index contributed by atoms with van der Waals surface area (Å²) in [5.41, 5.74) is 2.00. The first kappa shape index (κ1) is 21.9. The van der Waals surface area contributed by atoms with Gasteiger partial charge < -0.3 is 9.64 Å². The van der Waals surface area contributed by atoms with Crippen molar-refractivity contribution < 1.29 is 17.3 Å². The van der Waals surface area contributed by atoms with Crippen molar-refractivity contribution >= 4 is 21.0 Å². The van der Waals surface area contributed by atoms with Gasteiger partial charge in [0.1, 0.15) is 12.1 Å². The lowest BCUT2D eigenvalue weighted by Gasteiger charge is -2.32. The smallest absolute Gasteiger partial charge is 0.264 e. The lowest BCUT2D eigenvalue weighted by atomic mass is 9.90. The summed E-state index contributed by atoms with van der Waals surface area (Å²) in [4.78, 5) is 11.5. The van der Waals surface area contributed by atoms with E-state index in [0.717, 1.165) is 55.3 Å². The second kappa shape index (κ2) is 9.82. The molecule has 2 heterocycles. The van der Waals surface area contributed by atoms with E-state index in [4.69, 9.17) is 8.92 Å². The minimum absolute atomic E-state index is 0.118. The number of piperidine rings is 1. The molecule has 1 aliphatic heterocycles. The van der Waals surface area contributed by atoms with E-state index in [1.807, 2.05) is 18.2 Å². The Bertz CT molecular complexity index is 909. The standard InChI is InChI=1S/C21H30N3O4S/c1-16(2)14-24-9-7-17(8-10-24)21-19-6-5-18(13-20(19)22-15-23-21)27-11-4-12-28-29(3,25)26/h5-6,13,15,17H,4,7-12,14H2,1-3H3. The van der Waals surface area contributed by atoms with Gasteiger partial charge in [-0.05, 0) is 44.0 Å². The van der Waals surface area contributed by atoms with Gasteiger partial charge in [-0.2, -0.15) is 8.42 Å². The second-order valence-electron chi connectivity index (χ2n) is 7.92. The van der Waals surface area contributed by atoms with Crippen molar-refractivity contribution in [3.05, 3.63) is 36.1 Å². The van der Waals surface area contributed by atoms with Gasteiger partial charge >= 0.3 is 0 Å². The van der Waals surface area contributed by atoms with E-state index in [2.05, 4.69) is 28.7 Å². The predicted octanol–water partition coefficient (Wildman–Crippen LogP) is 3.17. The molecule has 2 aromatic rings. The van der Waals surface area contributed by atoms with Gasteiger partial charge in [0.05, 0.1) is 30.7 Å². The Kier molecular flexibility index (Phi) is 7.43. The Balaban J connectivity index is 1.60. The average Bonchev–Trinajstić information content (AvgIpc) is 2.66. The number of likely N-dealkylation sites (tertiary alicyclic amines) is 1. The highest BCUT2D eigenvalue weighted by Gasteiger charge is 2.23. The predicted molar refractivity (Wildman–Crippen MR) is 113 cm³/mol. The largest absolute Gasteiger partial charge is 0.493 e. The van der Waals surface area contributed by atoms with E-state index < -0.39 is 10.1 Å². The summed E-state index contributed by atoms with van der Waals surface area (Å²) in [6.07, 6.45) is 5.39. The van der Waals surface area contributed by atoms with Crippen LogP contribution in [-0.4, -0.2) is 62.4 Å². The number of ether oxygens (including phenoxy) is 1. The fourth-order valence-electron chi connectivity index (χ4n) is 3.74. The third-order valence-electron chi connectivity index (χ3n) is 5.01. The van der Waals surface area contributed by atoms with Gasteiger partial charge in [0.2, 0.25) is 0 Å². The molecule has 0 spiro atoms. The number of benzene rings is 1. The molecule has 0 saturated carbocycles. The Morgan fingerprint density at radius 3 is 2.62 bits per heavy atom. The van der Waals surface area contributed by atoms with Crippen molar-refractivity contribution in [1.29, 1.82) is 0 Å². The van der Waals surface area contributed by atoms with Crippen LogP contribution in [0.15, 0.2) is 24.5 Å². The Hall–Kier alpha value is -1.77. The molecule has 1 saturated heterocycles. The molecule has 1 fully saturated rings. The van der Waals surface area contributed by atoms with Gasteiger partial charge in [-0.3, -0.25) is 4.18 Å². The highest BCUT2D eigenvalue weighted by atomic mass is 32.2. The van der Waals surface area contributed by atoms with Gasteiger partial charge in [-0.25, -0.2) is 9.97 Å². The molecule has 0 atom stereocenters.